The molecule has 0 atom stereocenters. The lowest BCUT2D eigenvalue weighted by atomic mass is 10.1. The summed E-state index contributed by atoms with van der Waals surface area (Å²) in [5.41, 5.74) is 1.10. The molecule has 8 heteroatoms. The van der Waals surface area contributed by atoms with Crippen LogP contribution in [0.5, 0.6) is 5.75 Å². The highest BCUT2D eigenvalue weighted by atomic mass is 19.1. The van der Waals surface area contributed by atoms with Crippen molar-refractivity contribution in [2.75, 3.05) is 17.7 Å². The minimum absolute atomic E-state index is 0.104. The van der Waals surface area contributed by atoms with Crippen LogP contribution in [0.1, 0.15) is 36.8 Å². The van der Waals surface area contributed by atoms with Gasteiger partial charge in [0.1, 0.15) is 17.2 Å². The highest BCUT2D eigenvalue weighted by Gasteiger charge is 2.18. The number of anilines is 2. The van der Waals surface area contributed by atoms with E-state index < -0.39 is 23.4 Å². The zero-order valence-corrected chi connectivity index (χ0v) is 18.0. The first kappa shape index (κ1) is 22.0. The van der Waals surface area contributed by atoms with E-state index >= 15 is 0 Å². The summed E-state index contributed by atoms with van der Waals surface area (Å²) in [6.45, 7) is 6.84. The average molecular weight is 425 g/mol. The second kappa shape index (κ2) is 8.59. The fourth-order valence-electron chi connectivity index (χ4n) is 2.91. The van der Waals surface area contributed by atoms with Crippen LogP contribution in [-0.4, -0.2) is 29.7 Å². The van der Waals surface area contributed by atoms with Gasteiger partial charge in [-0.05, 0) is 64.1 Å². The number of methoxy groups -OCH3 is 1. The topological polar surface area (TPSA) is 89.6 Å². The van der Waals surface area contributed by atoms with E-state index in [0.717, 1.165) is 11.5 Å². The number of nitrogens with zero attached hydrogens (tertiary/aromatic N) is 1. The van der Waals surface area contributed by atoms with E-state index in [-0.39, 0.29) is 5.69 Å². The summed E-state index contributed by atoms with van der Waals surface area (Å²) in [7, 11) is 1.57. The van der Waals surface area contributed by atoms with Crippen molar-refractivity contribution in [3.63, 3.8) is 0 Å². The molecule has 0 aliphatic carbocycles. The van der Waals surface area contributed by atoms with Crippen molar-refractivity contribution in [1.82, 2.24) is 4.98 Å². The average Bonchev–Trinajstić information content (AvgIpc) is 2.68. The van der Waals surface area contributed by atoms with Gasteiger partial charge in [-0.25, -0.2) is 9.18 Å². The summed E-state index contributed by atoms with van der Waals surface area (Å²) < 4.78 is 24.5. The van der Waals surface area contributed by atoms with Gasteiger partial charge in [-0.1, -0.05) is 0 Å². The van der Waals surface area contributed by atoms with Crippen molar-refractivity contribution < 1.29 is 23.5 Å². The Morgan fingerprint density at radius 2 is 1.77 bits per heavy atom. The largest absolute Gasteiger partial charge is 0.497 e. The minimum Gasteiger partial charge on any atom is -0.497 e. The molecule has 2 N–H and O–H groups in total. The predicted molar refractivity (Wildman–Crippen MR) is 117 cm³/mol. The highest BCUT2D eigenvalue weighted by molar-refractivity contribution is 6.07. The Morgan fingerprint density at radius 1 is 1.03 bits per heavy atom. The summed E-state index contributed by atoms with van der Waals surface area (Å²) in [6.07, 6.45) is -0.792. The normalized spacial score (nSPS) is 11.2. The Bertz CT molecular complexity index is 1160. The molecular formula is C23H24FN3O4. The number of carbonyl (C=O) groups excluding carboxylic acids is 2. The number of hydrogen-bond donors (Lipinski definition) is 2. The first-order valence-electron chi connectivity index (χ1n) is 9.62. The minimum atomic E-state index is -0.792. The van der Waals surface area contributed by atoms with Gasteiger partial charge in [0.15, 0.2) is 0 Å². The molecule has 0 spiro atoms. The van der Waals surface area contributed by atoms with Gasteiger partial charge in [0, 0.05) is 17.1 Å². The number of aromatic nitrogens is 1. The van der Waals surface area contributed by atoms with Crippen LogP contribution < -0.4 is 15.4 Å². The van der Waals surface area contributed by atoms with E-state index in [1.54, 1.807) is 53.0 Å². The van der Waals surface area contributed by atoms with Crippen LogP contribution in [0, 0.1) is 12.7 Å². The lowest BCUT2D eigenvalue weighted by molar-refractivity contribution is 0.0635. The molecule has 0 radical (unpaired) electrons. The Balaban J connectivity index is 1.81. The van der Waals surface area contributed by atoms with Gasteiger partial charge in [0.05, 0.1) is 29.6 Å². The van der Waals surface area contributed by atoms with Crippen LogP contribution in [0.2, 0.25) is 0 Å². The molecule has 3 rings (SSSR count). The summed E-state index contributed by atoms with van der Waals surface area (Å²) >= 11 is 0. The first-order chi connectivity index (χ1) is 14.6. The molecule has 2 aromatic carbocycles. The number of nitrogens with one attached hydrogen (secondary N) is 2. The number of aryl methyl sites for hydroxylation is 1. The number of benzene rings is 2. The molecule has 0 aliphatic rings. The number of pyridine rings is 1. The lowest BCUT2D eigenvalue weighted by Crippen LogP contribution is -2.27. The number of hydrogen-bond acceptors (Lipinski definition) is 5. The molecular weight excluding hydrogens is 401 g/mol. The van der Waals surface area contributed by atoms with E-state index in [2.05, 4.69) is 15.6 Å². The van der Waals surface area contributed by atoms with Crippen LogP contribution in [-0.2, 0) is 4.74 Å². The van der Waals surface area contributed by atoms with Gasteiger partial charge in [0.25, 0.3) is 5.91 Å². The maximum absolute atomic E-state index is 14.1. The number of rotatable bonds is 4. The van der Waals surface area contributed by atoms with Crippen LogP contribution >= 0.6 is 0 Å². The van der Waals surface area contributed by atoms with Crippen LogP contribution in [0.15, 0.2) is 42.5 Å². The standard InChI is InChI=1S/C23H24FN3O4/c1-13-17(10-14-6-8-16(30-5)12-19(14)25-13)21(28)26-15-7-9-18(24)20(11-15)27-22(29)31-23(2,3)4/h6-12H,1-5H3,(H,26,28)(H,27,29). The second-order valence-corrected chi connectivity index (χ2v) is 7.96. The van der Waals surface area contributed by atoms with Crippen LogP contribution in [0.3, 0.4) is 0 Å². The molecule has 0 aliphatic heterocycles. The van der Waals surface area contributed by atoms with E-state index in [1.807, 2.05) is 6.07 Å². The number of fused-ring (bicyclic) bond motifs is 1. The molecule has 2 amide bonds. The maximum atomic E-state index is 14.1. The first-order valence-corrected chi connectivity index (χ1v) is 9.62. The Morgan fingerprint density at radius 3 is 2.45 bits per heavy atom. The van der Waals surface area contributed by atoms with Gasteiger partial charge < -0.3 is 14.8 Å². The quantitative estimate of drug-likeness (QED) is 0.593. The van der Waals surface area contributed by atoms with Crippen LogP contribution in [0.25, 0.3) is 10.9 Å². The smallest absolute Gasteiger partial charge is 0.412 e. The van der Waals surface area contributed by atoms with Gasteiger partial charge in [0.2, 0.25) is 0 Å². The SMILES string of the molecule is COc1ccc2cc(C(=O)Nc3ccc(F)c(NC(=O)OC(C)(C)C)c3)c(C)nc2c1. The number of halogens is 1. The third kappa shape index (κ3) is 5.48. The molecule has 0 bridgehead atoms. The lowest BCUT2D eigenvalue weighted by Gasteiger charge is -2.20. The predicted octanol–water partition coefficient (Wildman–Crippen LogP) is 5.29. The van der Waals surface area contributed by atoms with Gasteiger partial charge in [-0.2, -0.15) is 0 Å². The molecule has 0 unspecified atom stereocenters. The number of amides is 2. The van der Waals surface area contributed by atoms with Gasteiger partial charge in [-0.3, -0.25) is 15.1 Å². The fourth-order valence-corrected chi connectivity index (χ4v) is 2.91. The summed E-state index contributed by atoms with van der Waals surface area (Å²) in [5.74, 6) is -0.383. The van der Waals surface area contributed by atoms with Gasteiger partial charge in [-0.15, -0.1) is 0 Å². The summed E-state index contributed by atoms with van der Waals surface area (Å²) in [5, 5.41) is 5.85. The summed E-state index contributed by atoms with van der Waals surface area (Å²) in [4.78, 5) is 29.2. The second-order valence-electron chi connectivity index (χ2n) is 7.96. The molecule has 7 nitrogen and oxygen atoms in total. The zero-order valence-electron chi connectivity index (χ0n) is 18.0. The molecule has 162 valence electrons. The van der Waals surface area contributed by atoms with Crippen molar-refractivity contribution in [1.29, 1.82) is 0 Å². The zero-order chi connectivity index (χ0) is 22.8. The molecule has 31 heavy (non-hydrogen) atoms. The van der Waals surface area contributed by atoms with E-state index in [4.69, 9.17) is 9.47 Å². The van der Waals surface area contributed by atoms with Crippen molar-refractivity contribution in [3.8, 4) is 5.75 Å². The van der Waals surface area contributed by atoms with Crippen LogP contribution in [0.4, 0.5) is 20.6 Å². The Kier molecular flexibility index (Phi) is 6.10. The van der Waals surface area contributed by atoms with Crippen molar-refractivity contribution in [2.45, 2.75) is 33.3 Å². The molecule has 0 saturated heterocycles. The van der Waals surface area contributed by atoms with Crippen molar-refractivity contribution in [2.24, 2.45) is 0 Å². The van der Waals surface area contributed by atoms with Crippen molar-refractivity contribution >= 4 is 34.3 Å². The number of ether oxygens (including phenoxy) is 2. The van der Waals surface area contributed by atoms with E-state index in [9.17, 15) is 14.0 Å². The third-order valence-corrected chi connectivity index (χ3v) is 4.32. The molecule has 1 heterocycles. The Hall–Kier alpha value is -3.68. The molecule has 3 aromatic rings. The van der Waals surface area contributed by atoms with Crippen molar-refractivity contribution in [3.05, 3.63) is 59.5 Å². The molecule has 0 saturated carbocycles. The van der Waals surface area contributed by atoms with E-state index in [0.29, 0.717) is 28.2 Å². The number of carbonyl (C=O) groups is 2. The third-order valence-electron chi connectivity index (χ3n) is 4.32. The maximum Gasteiger partial charge on any atom is 0.412 e. The molecule has 0 fully saturated rings. The summed E-state index contributed by atoms with van der Waals surface area (Å²) in [6, 6.07) is 11.0. The Labute approximate surface area is 179 Å². The van der Waals surface area contributed by atoms with E-state index in [1.165, 1.54) is 12.1 Å². The fraction of sp³-hybridized carbons (Fsp3) is 0.261. The highest BCUT2D eigenvalue weighted by Crippen LogP contribution is 2.24. The monoisotopic (exact) mass is 425 g/mol. The van der Waals surface area contributed by atoms with Gasteiger partial charge >= 0.3 is 6.09 Å². The molecule has 1 aromatic heterocycles.